The van der Waals surface area contributed by atoms with Gasteiger partial charge in [-0.1, -0.05) is 24.0 Å². The minimum atomic E-state index is -0.586. The quantitative estimate of drug-likeness (QED) is 0.773. The number of anilines is 1. The van der Waals surface area contributed by atoms with Gasteiger partial charge in [-0.2, -0.15) is 0 Å². The lowest BCUT2D eigenvalue weighted by Gasteiger charge is -2.13. The smallest absolute Gasteiger partial charge is 0.112 e. The van der Waals surface area contributed by atoms with Gasteiger partial charge in [-0.05, 0) is 42.0 Å². The summed E-state index contributed by atoms with van der Waals surface area (Å²) in [4.78, 5) is 2.08. The van der Waals surface area contributed by atoms with Gasteiger partial charge in [-0.3, -0.25) is 0 Å². The van der Waals surface area contributed by atoms with Crippen molar-refractivity contribution in [3.05, 3.63) is 42.0 Å². The molecule has 2 heteroatoms. The van der Waals surface area contributed by atoms with Gasteiger partial charge in [0.25, 0.3) is 0 Å². The summed E-state index contributed by atoms with van der Waals surface area (Å²) in [5, 5.41) is 11.5. The molecular formula is C16H17NO. The Balaban J connectivity index is 2.42. The first-order valence-electron chi connectivity index (χ1n) is 5.97. The first-order valence-corrected chi connectivity index (χ1v) is 5.97. The largest absolute Gasteiger partial charge is 0.381 e. The summed E-state index contributed by atoms with van der Waals surface area (Å²) in [6.07, 6.45) is -0.586. The monoisotopic (exact) mass is 239 g/mol. The lowest BCUT2D eigenvalue weighted by molar-refractivity contribution is 0.253. The summed E-state index contributed by atoms with van der Waals surface area (Å²) in [5.74, 6) is 5.72. The van der Waals surface area contributed by atoms with Gasteiger partial charge in [-0.15, -0.1) is 0 Å². The van der Waals surface area contributed by atoms with Crippen molar-refractivity contribution in [2.24, 2.45) is 0 Å². The molecule has 92 valence electrons. The summed E-state index contributed by atoms with van der Waals surface area (Å²) < 4.78 is 0. The molecule has 0 aliphatic carbocycles. The number of nitrogens with zero attached hydrogens (tertiary/aromatic N) is 1. The molecule has 0 aromatic heterocycles. The molecule has 0 aliphatic heterocycles. The summed E-state index contributed by atoms with van der Waals surface area (Å²) in [7, 11) is 4.06. The Morgan fingerprint density at radius 3 is 2.39 bits per heavy atom. The molecule has 0 bridgehead atoms. The summed E-state index contributed by atoms with van der Waals surface area (Å²) in [5.41, 5.74) is 2.12. The average molecular weight is 239 g/mol. The summed E-state index contributed by atoms with van der Waals surface area (Å²) in [6.45, 7) is 1.66. The van der Waals surface area contributed by atoms with Crippen molar-refractivity contribution in [3.8, 4) is 11.8 Å². The van der Waals surface area contributed by atoms with Crippen LogP contribution < -0.4 is 4.90 Å². The number of aliphatic hydroxyl groups excluding tert-OH is 1. The molecule has 1 N–H and O–H groups in total. The molecule has 2 aromatic carbocycles. The Morgan fingerprint density at radius 2 is 1.72 bits per heavy atom. The number of hydrogen-bond donors (Lipinski definition) is 1. The van der Waals surface area contributed by atoms with E-state index in [0.717, 1.165) is 10.9 Å². The van der Waals surface area contributed by atoms with Gasteiger partial charge in [0.15, 0.2) is 0 Å². The number of rotatable bonds is 1. The molecule has 0 spiro atoms. The molecule has 0 saturated heterocycles. The van der Waals surface area contributed by atoms with E-state index in [1.165, 1.54) is 11.1 Å². The van der Waals surface area contributed by atoms with Crippen molar-refractivity contribution in [3.63, 3.8) is 0 Å². The van der Waals surface area contributed by atoms with Crippen LogP contribution in [0.3, 0.4) is 0 Å². The number of benzene rings is 2. The predicted molar refractivity (Wildman–Crippen MR) is 76.8 cm³/mol. The molecule has 0 radical (unpaired) electrons. The predicted octanol–water partition coefficient (Wildman–Crippen LogP) is 2.64. The molecule has 0 aliphatic rings. The van der Waals surface area contributed by atoms with Crippen molar-refractivity contribution in [2.45, 2.75) is 13.0 Å². The highest BCUT2D eigenvalue weighted by Crippen LogP contribution is 2.21. The van der Waals surface area contributed by atoms with Gasteiger partial charge < -0.3 is 10.0 Å². The molecule has 18 heavy (non-hydrogen) atoms. The molecule has 2 nitrogen and oxygen atoms in total. The highest BCUT2D eigenvalue weighted by Gasteiger charge is 1.99. The summed E-state index contributed by atoms with van der Waals surface area (Å²) in [6, 6.07) is 12.4. The van der Waals surface area contributed by atoms with Crippen LogP contribution in [-0.2, 0) is 0 Å². The maximum atomic E-state index is 9.15. The van der Waals surface area contributed by atoms with E-state index in [1.807, 2.05) is 26.2 Å². The van der Waals surface area contributed by atoms with Gasteiger partial charge in [0.2, 0.25) is 0 Å². The van der Waals surface area contributed by atoms with Crippen LogP contribution in [0, 0.1) is 11.8 Å². The Morgan fingerprint density at radius 1 is 1.06 bits per heavy atom. The molecule has 0 saturated carbocycles. The van der Waals surface area contributed by atoms with Gasteiger partial charge in [0.05, 0.1) is 0 Å². The zero-order chi connectivity index (χ0) is 13.1. The fourth-order valence-electron chi connectivity index (χ4n) is 1.78. The first kappa shape index (κ1) is 12.5. The van der Waals surface area contributed by atoms with E-state index in [2.05, 4.69) is 41.0 Å². The van der Waals surface area contributed by atoms with Gasteiger partial charge >= 0.3 is 0 Å². The second kappa shape index (κ2) is 5.12. The first-order chi connectivity index (χ1) is 8.56. The average Bonchev–Trinajstić information content (AvgIpc) is 2.35. The SMILES string of the molecule is CC(O)C#Cc1ccc2cc(N(C)C)ccc2c1. The van der Waals surface area contributed by atoms with E-state index in [0.29, 0.717) is 0 Å². The maximum Gasteiger partial charge on any atom is 0.112 e. The minimum Gasteiger partial charge on any atom is -0.381 e. The van der Waals surface area contributed by atoms with Crippen molar-refractivity contribution in [2.75, 3.05) is 19.0 Å². The van der Waals surface area contributed by atoms with Crippen LogP contribution in [0.1, 0.15) is 12.5 Å². The fourth-order valence-corrected chi connectivity index (χ4v) is 1.78. The van der Waals surface area contributed by atoms with E-state index in [1.54, 1.807) is 6.92 Å². The van der Waals surface area contributed by atoms with E-state index in [4.69, 9.17) is 5.11 Å². The van der Waals surface area contributed by atoms with Crippen LogP contribution in [0.25, 0.3) is 10.8 Å². The number of fused-ring (bicyclic) bond motifs is 1. The van der Waals surface area contributed by atoms with Crippen molar-refractivity contribution >= 4 is 16.5 Å². The minimum absolute atomic E-state index is 0.586. The van der Waals surface area contributed by atoms with E-state index in [9.17, 15) is 0 Å². The molecule has 1 unspecified atom stereocenters. The van der Waals surface area contributed by atoms with E-state index in [-0.39, 0.29) is 0 Å². The number of aliphatic hydroxyl groups is 1. The Hall–Kier alpha value is -1.98. The highest BCUT2D eigenvalue weighted by molar-refractivity contribution is 5.87. The van der Waals surface area contributed by atoms with Crippen LogP contribution >= 0.6 is 0 Å². The van der Waals surface area contributed by atoms with Gasteiger partial charge in [0.1, 0.15) is 6.10 Å². The summed E-state index contributed by atoms with van der Waals surface area (Å²) >= 11 is 0. The lowest BCUT2D eigenvalue weighted by atomic mass is 10.1. The topological polar surface area (TPSA) is 23.5 Å². The van der Waals surface area contributed by atoms with E-state index < -0.39 is 6.10 Å². The molecule has 0 fully saturated rings. The van der Waals surface area contributed by atoms with Gasteiger partial charge in [0, 0.05) is 25.3 Å². The van der Waals surface area contributed by atoms with Crippen LogP contribution in [0.4, 0.5) is 5.69 Å². The van der Waals surface area contributed by atoms with E-state index >= 15 is 0 Å². The van der Waals surface area contributed by atoms with Crippen molar-refractivity contribution < 1.29 is 5.11 Å². The Bertz CT molecular complexity index is 618. The van der Waals surface area contributed by atoms with Crippen LogP contribution in [0.15, 0.2) is 36.4 Å². The maximum absolute atomic E-state index is 9.15. The standard InChI is InChI=1S/C16H17NO/c1-12(18)4-5-13-6-7-15-11-16(17(2)3)9-8-14(15)10-13/h6-12,18H,1-3H3. The molecular weight excluding hydrogens is 222 g/mol. The third-order valence-corrected chi connectivity index (χ3v) is 2.77. The molecule has 2 rings (SSSR count). The zero-order valence-corrected chi connectivity index (χ0v) is 10.9. The lowest BCUT2D eigenvalue weighted by Crippen LogP contribution is -2.07. The zero-order valence-electron chi connectivity index (χ0n) is 10.9. The third kappa shape index (κ3) is 2.82. The van der Waals surface area contributed by atoms with Crippen LogP contribution in [0.2, 0.25) is 0 Å². The molecule has 0 amide bonds. The molecule has 1 atom stereocenters. The number of hydrogen-bond acceptors (Lipinski definition) is 2. The fraction of sp³-hybridized carbons (Fsp3) is 0.250. The second-order valence-electron chi connectivity index (χ2n) is 4.59. The van der Waals surface area contributed by atoms with Crippen LogP contribution in [0.5, 0.6) is 0 Å². The Kier molecular flexibility index (Phi) is 3.55. The van der Waals surface area contributed by atoms with Crippen molar-refractivity contribution in [1.29, 1.82) is 0 Å². The highest BCUT2D eigenvalue weighted by atomic mass is 16.3. The molecule has 0 heterocycles. The van der Waals surface area contributed by atoms with Gasteiger partial charge in [-0.25, -0.2) is 0 Å². The van der Waals surface area contributed by atoms with Crippen LogP contribution in [-0.4, -0.2) is 25.3 Å². The second-order valence-corrected chi connectivity index (χ2v) is 4.59. The normalized spacial score (nSPS) is 11.8. The molecule has 2 aromatic rings. The third-order valence-electron chi connectivity index (χ3n) is 2.77. The van der Waals surface area contributed by atoms with Crippen molar-refractivity contribution in [1.82, 2.24) is 0 Å². The Labute approximate surface area is 108 Å².